The standard InChI is InChI=1S/C20H25N3O3/c24-23(25)19-7-9-20(10-8-19)26-16-4-11-21-12-14-22(15-13-21)17-18-5-2-1-3-6-18/h1-3,5-10H,4,11-17H2. The Bertz CT molecular complexity index is 683. The lowest BCUT2D eigenvalue weighted by Crippen LogP contribution is -2.46. The lowest BCUT2D eigenvalue weighted by atomic mass is 10.2. The number of nitro benzene ring substituents is 1. The Labute approximate surface area is 154 Å². The fourth-order valence-electron chi connectivity index (χ4n) is 3.15. The molecule has 1 aliphatic rings. The highest BCUT2D eigenvalue weighted by atomic mass is 16.6. The molecular weight excluding hydrogens is 330 g/mol. The molecule has 0 N–H and O–H groups in total. The maximum Gasteiger partial charge on any atom is 0.269 e. The summed E-state index contributed by atoms with van der Waals surface area (Å²) in [6.45, 7) is 7.04. The molecule has 6 heteroatoms. The minimum Gasteiger partial charge on any atom is -0.494 e. The zero-order valence-corrected chi connectivity index (χ0v) is 14.9. The maximum absolute atomic E-state index is 10.6. The van der Waals surface area contributed by atoms with Crippen LogP contribution in [0.15, 0.2) is 54.6 Å². The van der Waals surface area contributed by atoms with Crippen molar-refractivity contribution in [2.75, 3.05) is 39.3 Å². The van der Waals surface area contributed by atoms with E-state index in [4.69, 9.17) is 4.74 Å². The van der Waals surface area contributed by atoms with Crippen molar-refractivity contribution in [3.05, 3.63) is 70.3 Å². The first-order chi connectivity index (χ1) is 12.7. The van der Waals surface area contributed by atoms with Crippen LogP contribution in [0.1, 0.15) is 12.0 Å². The Kier molecular flexibility index (Phi) is 6.57. The van der Waals surface area contributed by atoms with Crippen molar-refractivity contribution in [3.8, 4) is 5.75 Å². The van der Waals surface area contributed by atoms with E-state index in [0.29, 0.717) is 12.4 Å². The SMILES string of the molecule is O=[N+]([O-])c1ccc(OCCCN2CCN(Cc3ccccc3)CC2)cc1. The van der Waals surface area contributed by atoms with Crippen LogP contribution in [0.5, 0.6) is 5.75 Å². The zero-order chi connectivity index (χ0) is 18.2. The first-order valence-electron chi connectivity index (χ1n) is 9.06. The van der Waals surface area contributed by atoms with Crippen LogP contribution in [-0.4, -0.2) is 54.1 Å². The molecule has 1 saturated heterocycles. The lowest BCUT2D eigenvalue weighted by Gasteiger charge is -2.34. The molecule has 1 heterocycles. The van der Waals surface area contributed by atoms with Gasteiger partial charge in [0.2, 0.25) is 0 Å². The Morgan fingerprint density at radius 2 is 1.58 bits per heavy atom. The molecule has 26 heavy (non-hydrogen) atoms. The van der Waals surface area contributed by atoms with E-state index in [-0.39, 0.29) is 5.69 Å². The van der Waals surface area contributed by atoms with E-state index in [1.807, 2.05) is 0 Å². The molecule has 0 amide bonds. The van der Waals surface area contributed by atoms with Gasteiger partial charge < -0.3 is 9.64 Å². The summed E-state index contributed by atoms with van der Waals surface area (Å²) in [6, 6.07) is 16.9. The molecule has 0 spiro atoms. The third kappa shape index (κ3) is 5.54. The number of hydrogen-bond acceptors (Lipinski definition) is 5. The summed E-state index contributed by atoms with van der Waals surface area (Å²) in [7, 11) is 0. The molecule has 138 valence electrons. The lowest BCUT2D eigenvalue weighted by molar-refractivity contribution is -0.384. The molecule has 1 fully saturated rings. The predicted molar refractivity (Wildman–Crippen MR) is 101 cm³/mol. The van der Waals surface area contributed by atoms with Crippen molar-refractivity contribution >= 4 is 5.69 Å². The molecule has 0 unspecified atom stereocenters. The van der Waals surface area contributed by atoms with E-state index < -0.39 is 4.92 Å². The molecule has 6 nitrogen and oxygen atoms in total. The summed E-state index contributed by atoms with van der Waals surface area (Å²) < 4.78 is 5.67. The van der Waals surface area contributed by atoms with E-state index >= 15 is 0 Å². The smallest absolute Gasteiger partial charge is 0.269 e. The summed E-state index contributed by atoms with van der Waals surface area (Å²) in [5.74, 6) is 0.684. The highest BCUT2D eigenvalue weighted by molar-refractivity contribution is 5.35. The molecule has 1 aliphatic heterocycles. The highest BCUT2D eigenvalue weighted by Crippen LogP contribution is 2.17. The van der Waals surface area contributed by atoms with Crippen molar-refractivity contribution in [1.29, 1.82) is 0 Å². The van der Waals surface area contributed by atoms with Gasteiger partial charge in [-0.25, -0.2) is 0 Å². The minimum atomic E-state index is -0.402. The number of benzene rings is 2. The molecule has 2 aromatic carbocycles. The monoisotopic (exact) mass is 355 g/mol. The second kappa shape index (κ2) is 9.31. The van der Waals surface area contributed by atoms with Crippen LogP contribution >= 0.6 is 0 Å². The van der Waals surface area contributed by atoms with E-state index in [1.165, 1.54) is 17.7 Å². The third-order valence-corrected chi connectivity index (χ3v) is 4.65. The quantitative estimate of drug-likeness (QED) is 0.413. The number of nitrogens with zero attached hydrogens (tertiary/aromatic N) is 3. The Morgan fingerprint density at radius 1 is 0.923 bits per heavy atom. The zero-order valence-electron chi connectivity index (χ0n) is 14.9. The van der Waals surface area contributed by atoms with Crippen LogP contribution in [-0.2, 0) is 6.54 Å². The number of piperazine rings is 1. The Balaban J connectivity index is 1.31. The van der Waals surface area contributed by atoms with Gasteiger partial charge in [-0.3, -0.25) is 15.0 Å². The van der Waals surface area contributed by atoms with Crippen LogP contribution in [0.2, 0.25) is 0 Å². The van der Waals surface area contributed by atoms with Crippen LogP contribution in [0.3, 0.4) is 0 Å². The summed E-state index contributed by atoms with van der Waals surface area (Å²) in [5, 5.41) is 10.6. The third-order valence-electron chi connectivity index (χ3n) is 4.65. The molecule has 0 aliphatic carbocycles. The first kappa shape index (κ1) is 18.4. The molecule has 0 atom stereocenters. The van der Waals surface area contributed by atoms with Gasteiger partial charge >= 0.3 is 0 Å². The number of rotatable bonds is 8. The fourth-order valence-corrected chi connectivity index (χ4v) is 3.15. The van der Waals surface area contributed by atoms with E-state index in [0.717, 1.165) is 45.7 Å². The molecule has 2 aromatic rings. The number of nitro groups is 1. The van der Waals surface area contributed by atoms with Crippen LogP contribution in [0.25, 0.3) is 0 Å². The molecule has 0 radical (unpaired) electrons. The minimum absolute atomic E-state index is 0.0886. The van der Waals surface area contributed by atoms with E-state index in [2.05, 4.69) is 40.1 Å². The first-order valence-corrected chi connectivity index (χ1v) is 9.06. The predicted octanol–water partition coefficient (Wildman–Crippen LogP) is 3.18. The normalized spacial score (nSPS) is 15.7. The maximum atomic E-state index is 10.6. The van der Waals surface area contributed by atoms with E-state index in [1.54, 1.807) is 12.1 Å². The average Bonchev–Trinajstić information content (AvgIpc) is 2.68. The van der Waals surface area contributed by atoms with Gasteiger partial charge in [0.25, 0.3) is 5.69 Å². The number of ether oxygens (including phenoxy) is 1. The largest absolute Gasteiger partial charge is 0.494 e. The topological polar surface area (TPSA) is 58.9 Å². The van der Waals surface area contributed by atoms with Gasteiger partial charge in [0, 0.05) is 51.4 Å². The van der Waals surface area contributed by atoms with Crippen molar-refractivity contribution in [2.45, 2.75) is 13.0 Å². The fraction of sp³-hybridized carbons (Fsp3) is 0.400. The van der Waals surface area contributed by atoms with Gasteiger partial charge in [-0.05, 0) is 24.1 Å². The van der Waals surface area contributed by atoms with Crippen molar-refractivity contribution in [3.63, 3.8) is 0 Å². The van der Waals surface area contributed by atoms with Crippen molar-refractivity contribution in [2.24, 2.45) is 0 Å². The number of non-ortho nitro benzene ring substituents is 1. The molecule has 0 aromatic heterocycles. The van der Waals surface area contributed by atoms with Crippen LogP contribution in [0.4, 0.5) is 5.69 Å². The van der Waals surface area contributed by atoms with Gasteiger partial charge in [-0.2, -0.15) is 0 Å². The van der Waals surface area contributed by atoms with Crippen LogP contribution in [0, 0.1) is 10.1 Å². The highest BCUT2D eigenvalue weighted by Gasteiger charge is 2.16. The van der Waals surface area contributed by atoms with Gasteiger partial charge in [-0.15, -0.1) is 0 Å². The summed E-state index contributed by atoms with van der Waals surface area (Å²) >= 11 is 0. The molecule has 3 rings (SSSR count). The van der Waals surface area contributed by atoms with Gasteiger partial charge in [0.15, 0.2) is 0 Å². The average molecular weight is 355 g/mol. The molecule has 0 bridgehead atoms. The summed E-state index contributed by atoms with van der Waals surface area (Å²) in [6.07, 6.45) is 0.954. The Hall–Kier alpha value is -2.44. The molecular formula is C20H25N3O3. The van der Waals surface area contributed by atoms with Gasteiger partial charge in [0.1, 0.15) is 5.75 Å². The van der Waals surface area contributed by atoms with Crippen molar-refractivity contribution < 1.29 is 9.66 Å². The summed E-state index contributed by atoms with van der Waals surface area (Å²) in [4.78, 5) is 15.2. The Morgan fingerprint density at radius 3 is 2.23 bits per heavy atom. The van der Waals surface area contributed by atoms with Gasteiger partial charge in [-0.1, -0.05) is 30.3 Å². The van der Waals surface area contributed by atoms with Crippen molar-refractivity contribution in [1.82, 2.24) is 9.80 Å². The van der Waals surface area contributed by atoms with E-state index in [9.17, 15) is 10.1 Å². The summed E-state index contributed by atoms with van der Waals surface area (Å²) in [5.41, 5.74) is 1.46. The van der Waals surface area contributed by atoms with Crippen LogP contribution < -0.4 is 4.74 Å². The second-order valence-electron chi connectivity index (χ2n) is 6.56. The second-order valence-corrected chi connectivity index (χ2v) is 6.56. The number of hydrogen-bond donors (Lipinski definition) is 0. The van der Waals surface area contributed by atoms with Gasteiger partial charge in [0.05, 0.1) is 11.5 Å². The molecule has 0 saturated carbocycles.